The number of carbonyl (C=O) groups is 2. The summed E-state index contributed by atoms with van der Waals surface area (Å²) in [7, 11) is 0. The number of amides is 2. The Morgan fingerprint density at radius 1 is 1.28 bits per heavy atom. The van der Waals surface area contributed by atoms with Crippen molar-refractivity contribution < 1.29 is 14.0 Å². The summed E-state index contributed by atoms with van der Waals surface area (Å²) in [6.07, 6.45) is 6.96. The van der Waals surface area contributed by atoms with Crippen LogP contribution in [0.4, 0.5) is 5.82 Å². The van der Waals surface area contributed by atoms with Crippen molar-refractivity contribution in [1.29, 1.82) is 0 Å². The zero-order valence-electron chi connectivity index (χ0n) is 14.2. The summed E-state index contributed by atoms with van der Waals surface area (Å²) in [5, 5.41) is 5.44. The lowest BCUT2D eigenvalue weighted by atomic mass is 10.2. The van der Waals surface area contributed by atoms with Gasteiger partial charge in [0.15, 0.2) is 0 Å². The van der Waals surface area contributed by atoms with Crippen LogP contribution < -0.4 is 15.5 Å². The molecule has 1 fully saturated rings. The number of rotatable bonds is 6. The molecule has 7 nitrogen and oxygen atoms in total. The Kier molecular flexibility index (Phi) is 5.33. The molecule has 3 heterocycles. The van der Waals surface area contributed by atoms with Gasteiger partial charge in [0.05, 0.1) is 11.8 Å². The molecule has 132 valence electrons. The van der Waals surface area contributed by atoms with E-state index in [1.807, 2.05) is 12.1 Å². The van der Waals surface area contributed by atoms with E-state index in [9.17, 15) is 9.59 Å². The van der Waals surface area contributed by atoms with Crippen LogP contribution in [0.1, 0.15) is 35.7 Å². The topological polar surface area (TPSA) is 87.5 Å². The van der Waals surface area contributed by atoms with Gasteiger partial charge in [-0.25, -0.2) is 4.98 Å². The molecule has 0 radical (unpaired) electrons. The minimum Gasteiger partial charge on any atom is -0.472 e. The van der Waals surface area contributed by atoms with Gasteiger partial charge in [-0.1, -0.05) is 6.07 Å². The smallest absolute Gasteiger partial charge is 0.255 e. The second-order valence-electron chi connectivity index (χ2n) is 6.14. The summed E-state index contributed by atoms with van der Waals surface area (Å²) in [5.74, 6) is 0.391. The number of nitrogens with one attached hydrogen (secondary N) is 2. The monoisotopic (exact) mass is 342 g/mol. The number of carbonyl (C=O) groups excluding carboxylic acids is 2. The quantitative estimate of drug-likeness (QED) is 0.834. The lowest BCUT2D eigenvalue weighted by Gasteiger charge is -2.17. The summed E-state index contributed by atoms with van der Waals surface area (Å²) in [5.41, 5.74) is 1.31. The zero-order chi connectivity index (χ0) is 17.6. The highest BCUT2D eigenvalue weighted by Crippen LogP contribution is 2.17. The highest BCUT2D eigenvalue weighted by Gasteiger charge is 2.17. The summed E-state index contributed by atoms with van der Waals surface area (Å²) in [6, 6.07) is 4.86. The Morgan fingerprint density at radius 3 is 2.72 bits per heavy atom. The van der Waals surface area contributed by atoms with E-state index in [1.165, 1.54) is 25.4 Å². The lowest BCUT2D eigenvalue weighted by Crippen LogP contribution is -2.44. The van der Waals surface area contributed by atoms with Crippen molar-refractivity contribution >= 4 is 17.6 Å². The van der Waals surface area contributed by atoms with E-state index in [-0.39, 0.29) is 11.8 Å². The van der Waals surface area contributed by atoms with Gasteiger partial charge in [-0.3, -0.25) is 9.59 Å². The molecule has 0 aliphatic carbocycles. The SMILES string of the molecule is C[C@@H](NC(=O)c1ccoc1)C(=O)NCc1ccc(N2CCCC2)nc1. The summed E-state index contributed by atoms with van der Waals surface area (Å²) in [4.78, 5) is 30.7. The van der Waals surface area contributed by atoms with E-state index in [2.05, 4.69) is 20.5 Å². The van der Waals surface area contributed by atoms with Crippen LogP contribution in [-0.2, 0) is 11.3 Å². The standard InChI is InChI=1S/C18H22N4O3/c1-13(21-18(24)15-6-9-25-12-15)17(23)20-11-14-4-5-16(19-10-14)22-7-2-3-8-22/h4-6,9-10,12-13H,2-3,7-8,11H2,1H3,(H,20,23)(H,21,24)/t13-/m1/s1. The average molecular weight is 342 g/mol. The van der Waals surface area contributed by atoms with Crippen LogP contribution in [0.2, 0.25) is 0 Å². The van der Waals surface area contributed by atoms with Crippen molar-refractivity contribution in [2.24, 2.45) is 0 Å². The predicted molar refractivity (Wildman–Crippen MR) is 93.2 cm³/mol. The molecule has 2 N–H and O–H groups in total. The normalized spacial score (nSPS) is 15.0. The maximum Gasteiger partial charge on any atom is 0.255 e. The molecule has 1 atom stereocenters. The van der Waals surface area contributed by atoms with Crippen molar-refractivity contribution in [2.45, 2.75) is 32.4 Å². The number of pyridine rings is 1. The molecule has 3 rings (SSSR count). The van der Waals surface area contributed by atoms with Crippen LogP contribution in [0, 0.1) is 0 Å². The Morgan fingerprint density at radius 2 is 2.08 bits per heavy atom. The maximum atomic E-state index is 12.1. The average Bonchev–Trinajstić information content (AvgIpc) is 3.33. The number of hydrogen-bond donors (Lipinski definition) is 2. The van der Waals surface area contributed by atoms with Gasteiger partial charge in [-0.2, -0.15) is 0 Å². The van der Waals surface area contributed by atoms with Crippen LogP contribution in [0.3, 0.4) is 0 Å². The van der Waals surface area contributed by atoms with E-state index >= 15 is 0 Å². The third kappa shape index (κ3) is 4.37. The van der Waals surface area contributed by atoms with E-state index < -0.39 is 6.04 Å². The number of nitrogens with zero attached hydrogens (tertiary/aromatic N) is 2. The van der Waals surface area contributed by atoms with Crippen molar-refractivity contribution in [3.63, 3.8) is 0 Å². The van der Waals surface area contributed by atoms with Gasteiger partial charge in [-0.15, -0.1) is 0 Å². The van der Waals surface area contributed by atoms with Gasteiger partial charge < -0.3 is 20.0 Å². The highest BCUT2D eigenvalue weighted by atomic mass is 16.3. The number of aromatic nitrogens is 1. The second kappa shape index (κ2) is 7.83. The van der Waals surface area contributed by atoms with Crippen molar-refractivity contribution in [1.82, 2.24) is 15.6 Å². The third-order valence-corrected chi connectivity index (χ3v) is 4.23. The van der Waals surface area contributed by atoms with Crippen LogP contribution >= 0.6 is 0 Å². The van der Waals surface area contributed by atoms with Crippen LogP contribution in [-0.4, -0.2) is 35.9 Å². The van der Waals surface area contributed by atoms with Gasteiger partial charge in [0, 0.05) is 25.8 Å². The fourth-order valence-corrected chi connectivity index (χ4v) is 2.74. The second-order valence-corrected chi connectivity index (χ2v) is 6.14. The Hall–Kier alpha value is -2.83. The fraction of sp³-hybridized carbons (Fsp3) is 0.389. The first-order valence-electron chi connectivity index (χ1n) is 8.44. The Labute approximate surface area is 146 Å². The number of furan rings is 1. The largest absolute Gasteiger partial charge is 0.472 e. The zero-order valence-corrected chi connectivity index (χ0v) is 14.2. The van der Waals surface area contributed by atoms with E-state index in [1.54, 1.807) is 19.2 Å². The lowest BCUT2D eigenvalue weighted by molar-refractivity contribution is -0.122. The van der Waals surface area contributed by atoms with Gasteiger partial charge >= 0.3 is 0 Å². The minimum absolute atomic E-state index is 0.250. The molecule has 2 amide bonds. The number of anilines is 1. The molecule has 1 aliphatic heterocycles. The first-order chi connectivity index (χ1) is 12.1. The first-order valence-corrected chi connectivity index (χ1v) is 8.44. The molecule has 0 bridgehead atoms. The molecule has 2 aromatic rings. The van der Waals surface area contributed by atoms with E-state index in [0.717, 1.165) is 24.5 Å². The highest BCUT2D eigenvalue weighted by molar-refractivity contribution is 5.97. The van der Waals surface area contributed by atoms with Crippen LogP contribution in [0.5, 0.6) is 0 Å². The molecule has 7 heteroatoms. The molecular formula is C18H22N4O3. The molecule has 2 aromatic heterocycles. The van der Waals surface area contributed by atoms with E-state index in [0.29, 0.717) is 12.1 Å². The van der Waals surface area contributed by atoms with Crippen molar-refractivity contribution in [2.75, 3.05) is 18.0 Å². The maximum absolute atomic E-state index is 12.1. The Bertz CT molecular complexity index is 706. The van der Waals surface area contributed by atoms with Gasteiger partial charge in [0.1, 0.15) is 18.1 Å². The first kappa shape index (κ1) is 17.0. The summed E-state index contributed by atoms with van der Waals surface area (Å²) in [6.45, 7) is 4.12. The third-order valence-electron chi connectivity index (χ3n) is 4.23. The van der Waals surface area contributed by atoms with Crippen LogP contribution in [0.15, 0.2) is 41.3 Å². The summed E-state index contributed by atoms with van der Waals surface area (Å²) < 4.78 is 4.86. The summed E-state index contributed by atoms with van der Waals surface area (Å²) >= 11 is 0. The molecule has 1 aliphatic rings. The van der Waals surface area contributed by atoms with Crippen molar-refractivity contribution in [3.05, 3.63) is 48.0 Å². The molecular weight excluding hydrogens is 320 g/mol. The molecule has 0 spiro atoms. The molecule has 25 heavy (non-hydrogen) atoms. The molecule has 1 saturated heterocycles. The van der Waals surface area contributed by atoms with Gasteiger partial charge in [0.2, 0.25) is 5.91 Å². The molecule has 0 aromatic carbocycles. The van der Waals surface area contributed by atoms with E-state index in [4.69, 9.17) is 4.42 Å². The predicted octanol–water partition coefficient (Wildman–Crippen LogP) is 1.71. The Balaban J connectivity index is 1.47. The van der Waals surface area contributed by atoms with Crippen LogP contribution in [0.25, 0.3) is 0 Å². The number of hydrogen-bond acceptors (Lipinski definition) is 5. The van der Waals surface area contributed by atoms with Gasteiger partial charge in [0.25, 0.3) is 5.91 Å². The fourth-order valence-electron chi connectivity index (χ4n) is 2.74. The van der Waals surface area contributed by atoms with Gasteiger partial charge in [-0.05, 0) is 37.5 Å². The van der Waals surface area contributed by atoms with Crippen molar-refractivity contribution in [3.8, 4) is 0 Å². The molecule has 0 saturated carbocycles. The molecule has 0 unspecified atom stereocenters. The minimum atomic E-state index is -0.640.